The van der Waals surface area contributed by atoms with E-state index >= 15 is 0 Å². The van der Waals surface area contributed by atoms with Gasteiger partial charge in [0.25, 0.3) is 0 Å². The maximum absolute atomic E-state index is 11.7. The second-order valence-electron chi connectivity index (χ2n) is 3.24. The van der Waals surface area contributed by atoms with Crippen LogP contribution in [0, 0.1) is 0 Å². The predicted molar refractivity (Wildman–Crippen MR) is 64.9 cm³/mol. The van der Waals surface area contributed by atoms with Crippen molar-refractivity contribution in [1.82, 2.24) is 0 Å². The molecule has 1 aromatic carbocycles. The summed E-state index contributed by atoms with van der Waals surface area (Å²) in [6.45, 7) is 1.70. The second-order valence-corrected chi connectivity index (χ2v) is 4.61. The maximum Gasteiger partial charge on any atom is 0.339 e. The summed E-state index contributed by atoms with van der Waals surface area (Å²) in [7, 11) is 1.27. The summed E-state index contributed by atoms with van der Waals surface area (Å²) in [4.78, 5) is 22.8. The molecule has 0 radical (unpaired) electrons. The van der Waals surface area contributed by atoms with Crippen molar-refractivity contribution in [3.63, 3.8) is 0 Å². The fourth-order valence-electron chi connectivity index (χ4n) is 1.28. The normalized spacial score (nSPS) is 11.9. The molecule has 0 saturated heterocycles. The van der Waals surface area contributed by atoms with Gasteiger partial charge in [-0.15, -0.1) is 0 Å². The zero-order valence-corrected chi connectivity index (χ0v) is 10.6. The number of nitrogen functional groups attached to an aromatic ring is 1. The van der Waals surface area contributed by atoms with Crippen LogP contribution in [0.1, 0.15) is 27.6 Å². The van der Waals surface area contributed by atoms with E-state index in [-0.39, 0.29) is 21.9 Å². The molecule has 5 heteroatoms. The molecular weight excluding hydrogens is 274 g/mol. The van der Waals surface area contributed by atoms with E-state index in [2.05, 4.69) is 20.7 Å². The first-order valence-corrected chi connectivity index (χ1v) is 5.55. The summed E-state index contributed by atoms with van der Waals surface area (Å²) in [5, 5.41) is 0. The molecular formula is C11H12BrNO3. The largest absolute Gasteiger partial charge is 0.465 e. The number of hydrogen-bond acceptors (Lipinski definition) is 4. The molecule has 0 heterocycles. The number of halogens is 1. The van der Waals surface area contributed by atoms with E-state index in [1.54, 1.807) is 19.1 Å². The summed E-state index contributed by atoms with van der Waals surface area (Å²) < 4.78 is 4.57. The van der Waals surface area contributed by atoms with Gasteiger partial charge in [0, 0.05) is 5.56 Å². The highest BCUT2D eigenvalue weighted by molar-refractivity contribution is 9.10. The van der Waals surface area contributed by atoms with Crippen LogP contribution in [0.5, 0.6) is 0 Å². The van der Waals surface area contributed by atoms with E-state index in [1.807, 2.05) is 0 Å². The maximum atomic E-state index is 11.7. The van der Waals surface area contributed by atoms with Crippen molar-refractivity contribution in [2.45, 2.75) is 11.8 Å². The molecule has 0 aliphatic rings. The molecule has 0 bridgehead atoms. The number of carbonyl (C=O) groups is 2. The summed E-state index contributed by atoms with van der Waals surface area (Å²) in [6, 6.07) is 4.71. The van der Waals surface area contributed by atoms with E-state index in [9.17, 15) is 9.59 Å². The minimum absolute atomic E-state index is 0.158. The lowest BCUT2D eigenvalue weighted by Crippen LogP contribution is -2.15. The van der Waals surface area contributed by atoms with Crippen LogP contribution in [0.2, 0.25) is 0 Å². The van der Waals surface area contributed by atoms with Gasteiger partial charge >= 0.3 is 5.97 Å². The van der Waals surface area contributed by atoms with E-state index in [0.717, 1.165) is 0 Å². The molecule has 0 aliphatic carbocycles. The van der Waals surface area contributed by atoms with E-state index in [4.69, 9.17) is 5.73 Å². The molecule has 0 saturated carbocycles. The number of hydrogen-bond donors (Lipinski definition) is 1. The second kappa shape index (κ2) is 5.12. The van der Waals surface area contributed by atoms with Gasteiger partial charge in [-0.2, -0.15) is 0 Å². The lowest BCUT2D eigenvalue weighted by atomic mass is 10.0. The highest BCUT2D eigenvalue weighted by Crippen LogP contribution is 2.21. The molecule has 86 valence electrons. The summed E-state index contributed by atoms with van der Waals surface area (Å²) in [6.07, 6.45) is 0. The van der Waals surface area contributed by atoms with E-state index < -0.39 is 5.97 Å². The number of benzene rings is 1. The van der Waals surface area contributed by atoms with Crippen molar-refractivity contribution in [3.05, 3.63) is 29.3 Å². The number of ketones is 1. The molecule has 0 aliphatic heterocycles. The number of para-hydroxylation sites is 1. The molecule has 4 nitrogen and oxygen atoms in total. The Balaban J connectivity index is 3.24. The Bertz CT molecular complexity index is 429. The van der Waals surface area contributed by atoms with Crippen molar-refractivity contribution in [2.75, 3.05) is 12.8 Å². The number of Topliss-reactive ketones (excluding diaryl/α,β-unsaturated/α-hetero) is 1. The number of ether oxygens (including phenoxy) is 1. The van der Waals surface area contributed by atoms with Crippen molar-refractivity contribution < 1.29 is 14.3 Å². The van der Waals surface area contributed by atoms with Crippen LogP contribution in [0.4, 0.5) is 5.69 Å². The van der Waals surface area contributed by atoms with Crippen LogP contribution in [-0.4, -0.2) is 23.7 Å². The first kappa shape index (κ1) is 12.7. The number of esters is 1. The highest BCUT2D eigenvalue weighted by atomic mass is 79.9. The van der Waals surface area contributed by atoms with E-state index in [0.29, 0.717) is 5.56 Å². The molecule has 0 amide bonds. The Labute approximate surface area is 102 Å². The number of methoxy groups -OCH3 is 1. The van der Waals surface area contributed by atoms with Gasteiger partial charge in [0.2, 0.25) is 0 Å². The average Bonchev–Trinajstić information content (AvgIpc) is 2.27. The zero-order chi connectivity index (χ0) is 12.3. The molecule has 1 rings (SSSR count). The first-order chi connectivity index (χ1) is 7.49. The topological polar surface area (TPSA) is 69.4 Å². The number of rotatable bonds is 3. The third kappa shape index (κ3) is 2.41. The van der Waals surface area contributed by atoms with E-state index in [1.165, 1.54) is 13.2 Å². The Morgan fingerprint density at radius 2 is 1.94 bits per heavy atom. The number of nitrogens with two attached hydrogens (primary N) is 1. The van der Waals surface area contributed by atoms with Gasteiger partial charge in [-0.25, -0.2) is 4.79 Å². The van der Waals surface area contributed by atoms with Crippen molar-refractivity contribution in [2.24, 2.45) is 0 Å². The molecule has 16 heavy (non-hydrogen) atoms. The molecule has 0 aromatic heterocycles. The van der Waals surface area contributed by atoms with Crippen LogP contribution >= 0.6 is 15.9 Å². The van der Waals surface area contributed by atoms with Crippen LogP contribution in [-0.2, 0) is 4.74 Å². The predicted octanol–water partition coefficient (Wildman–Crippen LogP) is 2.02. The lowest BCUT2D eigenvalue weighted by molar-refractivity contribution is 0.0602. The Morgan fingerprint density at radius 3 is 2.44 bits per heavy atom. The summed E-state index contributed by atoms with van der Waals surface area (Å²) in [5.74, 6) is -0.711. The zero-order valence-electron chi connectivity index (χ0n) is 8.99. The van der Waals surface area contributed by atoms with Gasteiger partial charge in [0.05, 0.1) is 23.2 Å². The SMILES string of the molecule is COC(=O)c1cccc(C(=O)C(C)Br)c1N. The quantitative estimate of drug-likeness (QED) is 0.399. The minimum atomic E-state index is -0.547. The van der Waals surface area contributed by atoms with Crippen molar-refractivity contribution in [1.29, 1.82) is 0 Å². The van der Waals surface area contributed by atoms with Crippen LogP contribution in [0.25, 0.3) is 0 Å². The Hall–Kier alpha value is -1.36. The van der Waals surface area contributed by atoms with Gasteiger partial charge in [-0.1, -0.05) is 22.0 Å². The standard InChI is InChI=1S/C11H12BrNO3/c1-6(12)10(14)7-4-3-5-8(9(7)13)11(15)16-2/h3-6H,13H2,1-2H3. The summed E-state index contributed by atoms with van der Waals surface area (Å²) >= 11 is 3.17. The summed E-state index contributed by atoms with van der Waals surface area (Å²) in [5.41, 5.74) is 6.45. The van der Waals surface area contributed by atoms with Crippen molar-refractivity contribution in [3.8, 4) is 0 Å². The van der Waals surface area contributed by atoms with Gasteiger partial charge in [-0.05, 0) is 19.1 Å². The Morgan fingerprint density at radius 1 is 1.38 bits per heavy atom. The third-order valence-corrected chi connectivity index (χ3v) is 2.55. The number of carbonyl (C=O) groups excluding carboxylic acids is 2. The molecule has 1 aromatic rings. The Kier molecular flexibility index (Phi) is 4.06. The van der Waals surface area contributed by atoms with Gasteiger partial charge in [0.15, 0.2) is 5.78 Å². The average molecular weight is 286 g/mol. The fourth-order valence-corrected chi connectivity index (χ4v) is 1.53. The van der Waals surface area contributed by atoms with Gasteiger partial charge in [-0.3, -0.25) is 4.79 Å². The first-order valence-electron chi connectivity index (χ1n) is 4.64. The van der Waals surface area contributed by atoms with Crippen LogP contribution in [0.15, 0.2) is 18.2 Å². The number of anilines is 1. The van der Waals surface area contributed by atoms with Crippen LogP contribution < -0.4 is 5.73 Å². The van der Waals surface area contributed by atoms with Crippen LogP contribution in [0.3, 0.4) is 0 Å². The molecule has 2 N–H and O–H groups in total. The number of alkyl halides is 1. The monoisotopic (exact) mass is 285 g/mol. The van der Waals surface area contributed by atoms with Crippen molar-refractivity contribution >= 4 is 33.4 Å². The lowest BCUT2D eigenvalue weighted by Gasteiger charge is -2.09. The van der Waals surface area contributed by atoms with Gasteiger partial charge < -0.3 is 10.5 Å². The molecule has 0 fully saturated rings. The molecule has 0 spiro atoms. The third-order valence-electron chi connectivity index (χ3n) is 2.14. The minimum Gasteiger partial charge on any atom is -0.465 e. The molecule has 1 unspecified atom stereocenters. The smallest absolute Gasteiger partial charge is 0.339 e. The fraction of sp³-hybridized carbons (Fsp3) is 0.273. The van der Waals surface area contributed by atoms with Gasteiger partial charge in [0.1, 0.15) is 0 Å². The highest BCUT2D eigenvalue weighted by Gasteiger charge is 2.19. The molecule has 1 atom stereocenters.